The molecule has 5 nitrogen and oxygen atoms in total. The van der Waals surface area contributed by atoms with Crippen molar-refractivity contribution < 1.29 is 13.9 Å². The van der Waals surface area contributed by atoms with Gasteiger partial charge in [-0.3, -0.25) is 4.79 Å². The molecule has 0 unspecified atom stereocenters. The zero-order chi connectivity index (χ0) is 15.8. The lowest BCUT2D eigenvalue weighted by molar-refractivity contribution is 0.260. The highest BCUT2D eigenvalue weighted by Crippen LogP contribution is 2.12. The summed E-state index contributed by atoms with van der Waals surface area (Å²) in [4.78, 5) is 11.7. The largest absolute Gasteiger partial charge is 0.494 e. The average molecular weight is 303 g/mol. The Bertz CT molecular complexity index is 634. The Balaban J connectivity index is 1.65. The summed E-state index contributed by atoms with van der Waals surface area (Å²) in [5.74, 6) is 1.53. The fourth-order valence-electron chi connectivity index (χ4n) is 1.86. The minimum atomic E-state index is -0.206. The second-order valence-electron chi connectivity index (χ2n) is 5.00. The summed E-state index contributed by atoms with van der Waals surface area (Å²) in [5, 5.41) is 0. The van der Waals surface area contributed by atoms with E-state index < -0.39 is 0 Å². The number of nitrogens with two attached hydrogens (primary N) is 1. The topological polar surface area (TPSA) is 74.7 Å². The number of hydrogen-bond donors (Lipinski definition) is 1. The molecule has 0 bridgehead atoms. The SMILES string of the molecule is Cc1ccc(OCCCCOc2coc(CN)cc2=O)cc1. The van der Waals surface area contributed by atoms with Crippen molar-refractivity contribution in [2.45, 2.75) is 26.3 Å². The number of unbranched alkanes of at least 4 members (excludes halogenated alkanes) is 1. The minimum absolute atomic E-state index is 0.200. The fourth-order valence-corrected chi connectivity index (χ4v) is 1.86. The van der Waals surface area contributed by atoms with Gasteiger partial charge in [0.25, 0.3) is 0 Å². The van der Waals surface area contributed by atoms with E-state index in [1.54, 1.807) is 0 Å². The number of aryl methyl sites for hydroxylation is 1. The molecule has 1 aromatic carbocycles. The molecular formula is C17H21NO4. The average Bonchev–Trinajstić information content (AvgIpc) is 2.53. The van der Waals surface area contributed by atoms with Crippen LogP contribution in [0.5, 0.6) is 11.5 Å². The quantitative estimate of drug-likeness (QED) is 0.759. The van der Waals surface area contributed by atoms with Gasteiger partial charge >= 0.3 is 0 Å². The Kier molecular flexibility index (Phi) is 6.03. The van der Waals surface area contributed by atoms with Crippen molar-refractivity contribution in [3.63, 3.8) is 0 Å². The van der Waals surface area contributed by atoms with Gasteiger partial charge in [-0.25, -0.2) is 0 Å². The molecule has 0 spiro atoms. The van der Waals surface area contributed by atoms with E-state index in [1.807, 2.05) is 31.2 Å². The number of hydrogen-bond acceptors (Lipinski definition) is 5. The number of benzene rings is 1. The zero-order valence-electron chi connectivity index (χ0n) is 12.7. The fraction of sp³-hybridized carbons (Fsp3) is 0.353. The molecule has 0 saturated heterocycles. The summed E-state index contributed by atoms with van der Waals surface area (Å²) >= 11 is 0. The van der Waals surface area contributed by atoms with Crippen LogP contribution in [-0.4, -0.2) is 13.2 Å². The molecule has 0 saturated carbocycles. The molecule has 0 fully saturated rings. The number of ether oxygens (including phenoxy) is 2. The first kappa shape index (κ1) is 16.1. The molecule has 118 valence electrons. The Morgan fingerprint density at radius 3 is 2.41 bits per heavy atom. The van der Waals surface area contributed by atoms with Gasteiger partial charge in [-0.1, -0.05) is 17.7 Å². The monoisotopic (exact) mass is 303 g/mol. The van der Waals surface area contributed by atoms with E-state index in [0.717, 1.165) is 18.6 Å². The lowest BCUT2D eigenvalue weighted by Gasteiger charge is -2.07. The minimum Gasteiger partial charge on any atom is -0.494 e. The smallest absolute Gasteiger partial charge is 0.227 e. The Labute approximate surface area is 129 Å². The molecule has 22 heavy (non-hydrogen) atoms. The first-order chi connectivity index (χ1) is 10.7. The van der Waals surface area contributed by atoms with Crippen molar-refractivity contribution in [1.29, 1.82) is 0 Å². The molecule has 0 amide bonds. The van der Waals surface area contributed by atoms with E-state index in [0.29, 0.717) is 19.0 Å². The molecule has 5 heteroatoms. The lowest BCUT2D eigenvalue weighted by atomic mass is 10.2. The second kappa shape index (κ2) is 8.24. The van der Waals surface area contributed by atoms with Gasteiger partial charge in [0, 0.05) is 6.07 Å². The third-order valence-corrected chi connectivity index (χ3v) is 3.14. The standard InChI is InChI=1S/C17H21NO4/c1-13-4-6-14(7-5-13)20-8-2-3-9-21-17-12-22-15(11-18)10-16(17)19/h4-7,10,12H,2-3,8-9,11,18H2,1H3. The third kappa shape index (κ3) is 4.93. The Hall–Kier alpha value is -2.27. The van der Waals surface area contributed by atoms with Crippen LogP contribution in [-0.2, 0) is 6.54 Å². The highest BCUT2D eigenvalue weighted by Gasteiger charge is 2.03. The van der Waals surface area contributed by atoms with Gasteiger partial charge in [-0.15, -0.1) is 0 Å². The van der Waals surface area contributed by atoms with E-state index in [9.17, 15) is 4.79 Å². The maximum absolute atomic E-state index is 11.7. The van der Waals surface area contributed by atoms with Crippen molar-refractivity contribution >= 4 is 0 Å². The maximum Gasteiger partial charge on any atom is 0.227 e. The molecule has 1 heterocycles. The van der Waals surface area contributed by atoms with Crippen LogP contribution in [0, 0.1) is 6.92 Å². The highest BCUT2D eigenvalue weighted by molar-refractivity contribution is 5.26. The molecule has 0 radical (unpaired) electrons. The van der Waals surface area contributed by atoms with E-state index in [2.05, 4.69) is 0 Å². The Morgan fingerprint density at radius 2 is 1.77 bits per heavy atom. The van der Waals surface area contributed by atoms with Crippen LogP contribution in [0.1, 0.15) is 24.2 Å². The van der Waals surface area contributed by atoms with Crippen LogP contribution in [0.15, 0.2) is 45.8 Å². The van der Waals surface area contributed by atoms with Gasteiger partial charge in [0.2, 0.25) is 11.2 Å². The summed E-state index contributed by atoms with van der Waals surface area (Å²) < 4.78 is 16.2. The summed E-state index contributed by atoms with van der Waals surface area (Å²) in [7, 11) is 0. The molecular weight excluding hydrogens is 282 g/mol. The van der Waals surface area contributed by atoms with Crippen molar-refractivity contribution in [2.75, 3.05) is 13.2 Å². The van der Waals surface area contributed by atoms with Crippen LogP contribution in [0.4, 0.5) is 0 Å². The van der Waals surface area contributed by atoms with Gasteiger partial charge in [-0.2, -0.15) is 0 Å². The zero-order valence-corrected chi connectivity index (χ0v) is 12.7. The van der Waals surface area contributed by atoms with Gasteiger partial charge in [0.05, 0.1) is 19.8 Å². The van der Waals surface area contributed by atoms with E-state index >= 15 is 0 Å². The van der Waals surface area contributed by atoms with Crippen molar-refractivity contribution in [3.05, 3.63) is 58.1 Å². The van der Waals surface area contributed by atoms with Crippen LogP contribution in [0.2, 0.25) is 0 Å². The summed E-state index contributed by atoms with van der Waals surface area (Å²) in [6.07, 6.45) is 2.96. The summed E-state index contributed by atoms with van der Waals surface area (Å²) in [6.45, 7) is 3.31. The molecule has 2 aromatic rings. The predicted octanol–water partition coefficient (Wildman–Crippen LogP) is 2.64. The molecule has 0 atom stereocenters. The van der Waals surface area contributed by atoms with Crippen LogP contribution >= 0.6 is 0 Å². The van der Waals surface area contributed by atoms with Crippen LogP contribution in [0.3, 0.4) is 0 Å². The van der Waals surface area contributed by atoms with E-state index in [1.165, 1.54) is 17.9 Å². The summed E-state index contributed by atoms with van der Waals surface area (Å²) in [5.41, 5.74) is 6.40. The number of rotatable bonds is 8. The maximum atomic E-state index is 11.7. The normalized spacial score (nSPS) is 10.5. The van der Waals surface area contributed by atoms with Gasteiger partial charge in [0.15, 0.2) is 0 Å². The van der Waals surface area contributed by atoms with E-state index in [-0.39, 0.29) is 17.7 Å². The first-order valence-electron chi connectivity index (χ1n) is 7.33. The molecule has 2 rings (SSSR count). The van der Waals surface area contributed by atoms with Crippen LogP contribution in [0.25, 0.3) is 0 Å². The third-order valence-electron chi connectivity index (χ3n) is 3.14. The molecule has 0 aliphatic rings. The van der Waals surface area contributed by atoms with Gasteiger partial charge in [-0.05, 0) is 31.9 Å². The summed E-state index contributed by atoms with van der Waals surface area (Å²) in [6, 6.07) is 9.30. The van der Waals surface area contributed by atoms with Gasteiger partial charge < -0.3 is 19.6 Å². The van der Waals surface area contributed by atoms with Gasteiger partial charge in [0.1, 0.15) is 17.8 Å². The second-order valence-corrected chi connectivity index (χ2v) is 5.00. The molecule has 0 aliphatic carbocycles. The van der Waals surface area contributed by atoms with E-state index in [4.69, 9.17) is 19.6 Å². The van der Waals surface area contributed by atoms with Crippen molar-refractivity contribution in [3.8, 4) is 11.5 Å². The highest BCUT2D eigenvalue weighted by atomic mass is 16.5. The first-order valence-corrected chi connectivity index (χ1v) is 7.33. The molecule has 2 N–H and O–H groups in total. The predicted molar refractivity (Wildman–Crippen MR) is 84.3 cm³/mol. The van der Waals surface area contributed by atoms with Crippen molar-refractivity contribution in [1.82, 2.24) is 0 Å². The lowest BCUT2D eigenvalue weighted by Crippen LogP contribution is -2.11. The molecule has 0 aliphatic heterocycles. The van der Waals surface area contributed by atoms with Crippen molar-refractivity contribution in [2.24, 2.45) is 5.73 Å². The Morgan fingerprint density at radius 1 is 1.09 bits per heavy atom. The van der Waals surface area contributed by atoms with Crippen LogP contribution < -0.4 is 20.6 Å². The molecule has 1 aromatic heterocycles.